The minimum Gasteiger partial charge on any atom is -0.497 e. The Balaban J connectivity index is 1.33. The van der Waals surface area contributed by atoms with E-state index in [0.29, 0.717) is 31.1 Å². The molecular weight excluding hydrogens is 346 g/mol. The maximum atomic E-state index is 12.7. The van der Waals surface area contributed by atoms with E-state index in [2.05, 4.69) is 4.98 Å². The molecule has 7 heteroatoms. The summed E-state index contributed by atoms with van der Waals surface area (Å²) in [7, 11) is 1.59. The lowest BCUT2D eigenvalue weighted by atomic mass is 10.0. The topological polar surface area (TPSA) is 72.0 Å². The van der Waals surface area contributed by atoms with Crippen molar-refractivity contribution in [3.63, 3.8) is 0 Å². The lowest BCUT2D eigenvalue weighted by Crippen LogP contribution is -2.57. The highest BCUT2D eigenvalue weighted by molar-refractivity contribution is 6.00. The summed E-state index contributed by atoms with van der Waals surface area (Å²) in [4.78, 5) is 32.6. The van der Waals surface area contributed by atoms with Gasteiger partial charge in [0.25, 0.3) is 0 Å². The van der Waals surface area contributed by atoms with Gasteiger partial charge >= 0.3 is 0 Å². The molecule has 2 aromatic rings. The molecule has 1 atom stereocenters. The number of carbonyl (C=O) groups excluding carboxylic acids is 2. The van der Waals surface area contributed by atoms with Crippen molar-refractivity contribution in [1.82, 2.24) is 9.88 Å². The summed E-state index contributed by atoms with van der Waals surface area (Å²) in [6, 6.07) is 11.0. The number of hydrogen-bond acceptors (Lipinski definition) is 5. The van der Waals surface area contributed by atoms with Crippen molar-refractivity contribution in [1.29, 1.82) is 0 Å². The van der Waals surface area contributed by atoms with Gasteiger partial charge in [-0.15, -0.1) is 0 Å². The molecule has 0 radical (unpaired) electrons. The Kier molecular flexibility index (Phi) is 4.66. The van der Waals surface area contributed by atoms with Crippen molar-refractivity contribution in [2.45, 2.75) is 12.5 Å². The molecule has 0 aliphatic carbocycles. The SMILES string of the molecule is COc1cccc(N2CC(C(=O)N3CC(Oc4cccnc4)C3)CC2=O)c1. The molecule has 27 heavy (non-hydrogen) atoms. The normalized spacial score (nSPS) is 19.7. The maximum absolute atomic E-state index is 12.7. The Bertz CT molecular complexity index is 836. The number of pyridine rings is 1. The van der Waals surface area contributed by atoms with Gasteiger partial charge in [-0.1, -0.05) is 6.07 Å². The number of carbonyl (C=O) groups is 2. The van der Waals surface area contributed by atoms with E-state index in [-0.39, 0.29) is 30.3 Å². The molecule has 1 unspecified atom stereocenters. The molecular formula is C20H21N3O4. The number of amides is 2. The second-order valence-corrected chi connectivity index (χ2v) is 6.78. The van der Waals surface area contributed by atoms with E-state index in [1.807, 2.05) is 36.4 Å². The predicted molar refractivity (Wildman–Crippen MR) is 98.7 cm³/mol. The van der Waals surface area contributed by atoms with E-state index in [1.54, 1.807) is 29.3 Å². The van der Waals surface area contributed by atoms with Gasteiger partial charge < -0.3 is 19.3 Å². The highest BCUT2D eigenvalue weighted by Crippen LogP contribution is 2.30. The molecule has 0 spiro atoms. The van der Waals surface area contributed by atoms with Crippen LogP contribution in [0.3, 0.4) is 0 Å². The molecule has 0 bridgehead atoms. The van der Waals surface area contributed by atoms with Crippen LogP contribution in [0.2, 0.25) is 0 Å². The molecule has 1 aromatic carbocycles. The van der Waals surface area contributed by atoms with Crippen LogP contribution in [0.25, 0.3) is 0 Å². The zero-order valence-electron chi connectivity index (χ0n) is 15.1. The van der Waals surface area contributed by atoms with Gasteiger partial charge in [0.05, 0.1) is 32.3 Å². The Labute approximate surface area is 157 Å². The van der Waals surface area contributed by atoms with Crippen LogP contribution < -0.4 is 14.4 Å². The fraction of sp³-hybridized carbons (Fsp3) is 0.350. The smallest absolute Gasteiger partial charge is 0.228 e. The number of rotatable bonds is 5. The van der Waals surface area contributed by atoms with Crippen molar-refractivity contribution < 1.29 is 19.1 Å². The zero-order valence-corrected chi connectivity index (χ0v) is 15.1. The van der Waals surface area contributed by atoms with Crippen LogP contribution in [0.4, 0.5) is 5.69 Å². The number of aromatic nitrogens is 1. The summed E-state index contributed by atoms with van der Waals surface area (Å²) < 4.78 is 11.0. The van der Waals surface area contributed by atoms with Crippen LogP contribution in [0, 0.1) is 5.92 Å². The van der Waals surface area contributed by atoms with Gasteiger partial charge in [-0.25, -0.2) is 0 Å². The molecule has 3 heterocycles. The first-order valence-corrected chi connectivity index (χ1v) is 8.94. The number of methoxy groups -OCH3 is 1. The number of hydrogen-bond donors (Lipinski definition) is 0. The molecule has 2 amide bonds. The van der Waals surface area contributed by atoms with Gasteiger partial charge in [0, 0.05) is 30.9 Å². The van der Waals surface area contributed by atoms with Gasteiger partial charge in [-0.05, 0) is 24.3 Å². The Hall–Kier alpha value is -3.09. The van der Waals surface area contributed by atoms with E-state index in [9.17, 15) is 9.59 Å². The molecule has 0 N–H and O–H groups in total. The van der Waals surface area contributed by atoms with Gasteiger partial charge in [0.2, 0.25) is 11.8 Å². The first-order valence-electron chi connectivity index (χ1n) is 8.94. The van der Waals surface area contributed by atoms with Crippen LogP contribution in [0.5, 0.6) is 11.5 Å². The monoisotopic (exact) mass is 367 g/mol. The van der Waals surface area contributed by atoms with Crippen LogP contribution in [0.1, 0.15) is 6.42 Å². The largest absolute Gasteiger partial charge is 0.497 e. The van der Waals surface area contributed by atoms with E-state index < -0.39 is 0 Å². The van der Waals surface area contributed by atoms with Crippen LogP contribution >= 0.6 is 0 Å². The van der Waals surface area contributed by atoms with Crippen LogP contribution in [0.15, 0.2) is 48.8 Å². The summed E-state index contributed by atoms with van der Waals surface area (Å²) in [5.41, 5.74) is 0.760. The molecule has 2 fully saturated rings. The van der Waals surface area contributed by atoms with Crippen molar-refractivity contribution in [3.05, 3.63) is 48.8 Å². The molecule has 2 aliphatic heterocycles. The van der Waals surface area contributed by atoms with Gasteiger partial charge in [-0.2, -0.15) is 0 Å². The molecule has 2 saturated heterocycles. The van der Waals surface area contributed by atoms with E-state index in [4.69, 9.17) is 9.47 Å². The molecule has 2 aliphatic rings. The summed E-state index contributed by atoms with van der Waals surface area (Å²) in [5.74, 6) is 1.05. The lowest BCUT2D eigenvalue weighted by molar-refractivity contribution is -0.144. The first kappa shape index (κ1) is 17.3. The predicted octanol–water partition coefficient (Wildman–Crippen LogP) is 1.73. The van der Waals surface area contributed by atoms with E-state index >= 15 is 0 Å². The second-order valence-electron chi connectivity index (χ2n) is 6.78. The average Bonchev–Trinajstić information content (AvgIpc) is 3.06. The van der Waals surface area contributed by atoms with Crippen molar-refractivity contribution in [2.24, 2.45) is 5.92 Å². The summed E-state index contributed by atoms with van der Waals surface area (Å²) in [6.07, 6.45) is 3.56. The number of ether oxygens (including phenoxy) is 2. The minimum absolute atomic E-state index is 0.0137. The van der Waals surface area contributed by atoms with Crippen molar-refractivity contribution in [3.8, 4) is 11.5 Å². The highest BCUT2D eigenvalue weighted by Gasteiger charge is 2.41. The maximum Gasteiger partial charge on any atom is 0.228 e. The molecule has 140 valence electrons. The Morgan fingerprint density at radius 2 is 1.96 bits per heavy atom. The molecule has 7 nitrogen and oxygen atoms in total. The van der Waals surface area contributed by atoms with Crippen LogP contribution in [-0.2, 0) is 9.59 Å². The van der Waals surface area contributed by atoms with E-state index in [0.717, 1.165) is 5.69 Å². The van der Waals surface area contributed by atoms with Gasteiger partial charge in [-0.3, -0.25) is 14.6 Å². The number of nitrogens with zero attached hydrogens (tertiary/aromatic N) is 3. The fourth-order valence-electron chi connectivity index (χ4n) is 3.46. The van der Waals surface area contributed by atoms with Crippen LogP contribution in [-0.4, -0.2) is 54.5 Å². The highest BCUT2D eigenvalue weighted by atomic mass is 16.5. The molecule has 1 aromatic heterocycles. The van der Waals surface area contributed by atoms with Gasteiger partial charge in [0.15, 0.2) is 0 Å². The first-order chi connectivity index (χ1) is 13.1. The number of likely N-dealkylation sites (tertiary alicyclic amines) is 1. The zero-order chi connectivity index (χ0) is 18.8. The summed E-state index contributed by atoms with van der Waals surface area (Å²) >= 11 is 0. The quantitative estimate of drug-likeness (QED) is 0.805. The van der Waals surface area contributed by atoms with Crippen molar-refractivity contribution in [2.75, 3.05) is 31.6 Å². The Morgan fingerprint density at radius 3 is 2.70 bits per heavy atom. The molecule has 0 saturated carbocycles. The summed E-state index contributed by atoms with van der Waals surface area (Å²) in [6.45, 7) is 1.48. The standard InChI is InChI=1S/C20H21N3O4/c1-26-16-5-2-4-15(9-16)23-11-14(8-19(23)24)20(25)22-12-18(13-22)27-17-6-3-7-21-10-17/h2-7,9-10,14,18H,8,11-13H2,1H3. The minimum atomic E-state index is -0.317. The fourth-order valence-corrected chi connectivity index (χ4v) is 3.46. The number of anilines is 1. The van der Waals surface area contributed by atoms with Gasteiger partial charge in [0.1, 0.15) is 17.6 Å². The summed E-state index contributed by atoms with van der Waals surface area (Å²) in [5, 5.41) is 0. The third-order valence-electron chi connectivity index (χ3n) is 4.94. The third-order valence-corrected chi connectivity index (χ3v) is 4.94. The average molecular weight is 367 g/mol. The third kappa shape index (κ3) is 3.58. The van der Waals surface area contributed by atoms with Crippen molar-refractivity contribution >= 4 is 17.5 Å². The lowest BCUT2D eigenvalue weighted by Gasteiger charge is -2.40. The van der Waals surface area contributed by atoms with E-state index in [1.165, 1.54) is 0 Å². The number of benzene rings is 1. The Morgan fingerprint density at radius 1 is 1.15 bits per heavy atom. The molecule has 4 rings (SSSR count). The second kappa shape index (κ2) is 7.26.